The lowest BCUT2D eigenvalue weighted by atomic mass is 9.96. The zero-order valence-electron chi connectivity index (χ0n) is 12.9. The second-order valence-corrected chi connectivity index (χ2v) is 6.14. The molecule has 0 spiro atoms. The van der Waals surface area contributed by atoms with Crippen LogP contribution >= 0.6 is 0 Å². The molecule has 0 unspecified atom stereocenters. The van der Waals surface area contributed by atoms with Crippen LogP contribution in [-0.2, 0) is 5.41 Å². The van der Waals surface area contributed by atoms with Crippen LogP contribution in [0.4, 0.5) is 8.78 Å². The molecule has 0 aliphatic heterocycles. The van der Waals surface area contributed by atoms with Gasteiger partial charge >= 0.3 is 0 Å². The van der Waals surface area contributed by atoms with Gasteiger partial charge in [0.1, 0.15) is 17.3 Å². The molecule has 116 valence electrons. The number of rotatable bonds is 0. The lowest BCUT2D eigenvalue weighted by Gasteiger charge is -2.14. The summed E-state index contributed by atoms with van der Waals surface area (Å²) < 4.78 is 28.1. The summed E-state index contributed by atoms with van der Waals surface area (Å²) in [6, 6.07) is 6.71. The van der Waals surface area contributed by atoms with Crippen LogP contribution in [0.1, 0.15) is 37.9 Å². The van der Waals surface area contributed by atoms with Crippen molar-refractivity contribution in [2.75, 3.05) is 0 Å². The second-order valence-electron chi connectivity index (χ2n) is 6.14. The van der Waals surface area contributed by atoms with Gasteiger partial charge in [0.15, 0.2) is 11.5 Å². The number of hydrogen-bond acceptors (Lipinski definition) is 3. The predicted molar refractivity (Wildman–Crippen MR) is 81.8 cm³/mol. The number of halogens is 2. The minimum absolute atomic E-state index is 0.119. The van der Waals surface area contributed by atoms with Crippen LogP contribution in [0.2, 0.25) is 0 Å². The Morgan fingerprint density at radius 2 is 1.78 bits per heavy atom. The fourth-order valence-electron chi connectivity index (χ4n) is 2.05. The summed E-state index contributed by atoms with van der Waals surface area (Å²) in [5, 5.41) is 12.6. The molecule has 4 nitrogen and oxygen atoms in total. The summed E-state index contributed by atoms with van der Waals surface area (Å²) >= 11 is 0. The summed E-state index contributed by atoms with van der Waals surface area (Å²) in [6.07, 6.45) is 0. The quantitative estimate of drug-likeness (QED) is 0.599. The highest BCUT2D eigenvalue weighted by atomic mass is 19.1. The molecule has 0 fully saturated rings. The van der Waals surface area contributed by atoms with Crippen molar-refractivity contribution >= 4 is 5.65 Å². The zero-order chi connectivity index (χ0) is 16.6. The number of hydrogen-bond donors (Lipinski definition) is 0. The molecule has 0 saturated heterocycles. The Morgan fingerprint density at radius 1 is 1.00 bits per heavy atom. The summed E-state index contributed by atoms with van der Waals surface area (Å²) in [5.41, 5.74) is 0.967. The molecule has 3 aromatic rings. The van der Waals surface area contributed by atoms with Gasteiger partial charge < -0.3 is 0 Å². The van der Waals surface area contributed by atoms with Crippen molar-refractivity contribution in [1.82, 2.24) is 19.8 Å². The zero-order valence-corrected chi connectivity index (χ0v) is 12.9. The van der Waals surface area contributed by atoms with Crippen molar-refractivity contribution in [2.45, 2.75) is 26.2 Å². The van der Waals surface area contributed by atoms with E-state index in [9.17, 15) is 8.78 Å². The van der Waals surface area contributed by atoms with Gasteiger partial charge in [0.25, 0.3) is 0 Å². The molecule has 1 aromatic carbocycles. The van der Waals surface area contributed by atoms with E-state index in [0.29, 0.717) is 17.2 Å². The van der Waals surface area contributed by atoms with E-state index in [1.54, 1.807) is 16.6 Å². The Labute approximate surface area is 132 Å². The molecule has 23 heavy (non-hydrogen) atoms. The van der Waals surface area contributed by atoms with Crippen LogP contribution in [0.25, 0.3) is 5.65 Å². The van der Waals surface area contributed by atoms with E-state index in [1.165, 1.54) is 12.1 Å². The minimum Gasteiger partial charge on any atom is -0.207 e. The molecule has 0 saturated carbocycles. The Morgan fingerprint density at radius 3 is 2.48 bits per heavy atom. The fourth-order valence-corrected chi connectivity index (χ4v) is 2.05. The molecule has 0 amide bonds. The number of benzene rings is 1. The van der Waals surface area contributed by atoms with Crippen LogP contribution in [0.15, 0.2) is 30.3 Å². The molecular weight excluding hydrogens is 298 g/mol. The van der Waals surface area contributed by atoms with Crippen LogP contribution in [0.3, 0.4) is 0 Å². The first kappa shape index (κ1) is 15.1. The molecule has 0 radical (unpaired) electrons. The van der Waals surface area contributed by atoms with E-state index in [2.05, 4.69) is 27.1 Å². The van der Waals surface area contributed by atoms with E-state index in [4.69, 9.17) is 0 Å². The number of fused-ring (bicyclic) bond motifs is 1. The molecule has 2 aromatic heterocycles. The molecule has 0 atom stereocenters. The van der Waals surface area contributed by atoms with Crippen LogP contribution in [-0.4, -0.2) is 19.8 Å². The average molecular weight is 312 g/mol. The summed E-state index contributed by atoms with van der Waals surface area (Å²) in [7, 11) is 0. The summed E-state index contributed by atoms with van der Waals surface area (Å²) in [6.45, 7) is 6.03. The normalized spacial score (nSPS) is 11.3. The van der Waals surface area contributed by atoms with Crippen molar-refractivity contribution in [2.24, 2.45) is 0 Å². The summed E-state index contributed by atoms with van der Waals surface area (Å²) in [4.78, 5) is 0. The number of nitrogens with zero attached hydrogens (tertiary/aromatic N) is 4. The molecule has 0 aliphatic rings. The van der Waals surface area contributed by atoms with Gasteiger partial charge in [0, 0.05) is 11.5 Å². The van der Waals surface area contributed by atoms with E-state index in [1.807, 2.05) is 20.8 Å². The predicted octanol–water partition coefficient (Wildman–Crippen LogP) is 3.10. The largest absolute Gasteiger partial charge is 0.207 e. The highest BCUT2D eigenvalue weighted by Crippen LogP contribution is 2.20. The van der Waals surface area contributed by atoms with Crippen LogP contribution < -0.4 is 0 Å². The average Bonchev–Trinajstić information content (AvgIpc) is 2.89. The first-order chi connectivity index (χ1) is 10.8. The Bertz CT molecular complexity index is 943. The van der Waals surface area contributed by atoms with Crippen molar-refractivity contribution in [3.8, 4) is 11.8 Å². The van der Waals surface area contributed by atoms with Crippen molar-refractivity contribution in [3.63, 3.8) is 0 Å². The maximum atomic E-state index is 13.6. The van der Waals surface area contributed by atoms with Crippen LogP contribution in [0, 0.1) is 23.5 Å². The van der Waals surface area contributed by atoms with Crippen molar-refractivity contribution in [1.29, 1.82) is 0 Å². The second kappa shape index (κ2) is 5.43. The van der Waals surface area contributed by atoms with E-state index < -0.39 is 11.6 Å². The monoisotopic (exact) mass is 312 g/mol. The standard InChI is InChI=1S/C17H14F2N4/c1-17(2,3)16-21-20-15-9-8-13(22-23(15)16)7-5-11-4-6-12(18)10-14(11)19/h4,6,8-10H,1-3H3. The Hall–Kier alpha value is -2.81. The smallest absolute Gasteiger partial charge is 0.178 e. The molecule has 3 rings (SSSR count). The van der Waals surface area contributed by atoms with Crippen LogP contribution in [0.5, 0.6) is 0 Å². The van der Waals surface area contributed by atoms with Gasteiger partial charge in [-0.25, -0.2) is 8.78 Å². The van der Waals surface area contributed by atoms with E-state index in [0.717, 1.165) is 6.07 Å². The van der Waals surface area contributed by atoms with Crippen molar-refractivity contribution in [3.05, 3.63) is 59.0 Å². The molecular formula is C17H14F2N4. The minimum atomic E-state index is -0.696. The van der Waals surface area contributed by atoms with Gasteiger partial charge in [-0.3, -0.25) is 0 Å². The first-order valence-electron chi connectivity index (χ1n) is 7.04. The third kappa shape index (κ3) is 3.04. The lowest BCUT2D eigenvalue weighted by molar-refractivity contribution is 0.526. The van der Waals surface area contributed by atoms with Gasteiger partial charge in [-0.05, 0) is 30.2 Å². The molecule has 0 N–H and O–H groups in total. The molecule has 0 bridgehead atoms. The van der Waals surface area contributed by atoms with Gasteiger partial charge in [0.05, 0.1) is 5.56 Å². The summed E-state index contributed by atoms with van der Waals surface area (Å²) in [5.74, 6) is 4.83. The maximum Gasteiger partial charge on any atom is 0.178 e. The lowest BCUT2D eigenvalue weighted by Crippen LogP contribution is -2.17. The third-order valence-corrected chi connectivity index (χ3v) is 3.19. The first-order valence-corrected chi connectivity index (χ1v) is 7.04. The Balaban J connectivity index is 2.03. The van der Waals surface area contributed by atoms with E-state index in [-0.39, 0.29) is 11.0 Å². The topological polar surface area (TPSA) is 43.1 Å². The van der Waals surface area contributed by atoms with Gasteiger partial charge in [-0.2, -0.15) is 9.61 Å². The fraction of sp³-hybridized carbons (Fsp3) is 0.235. The third-order valence-electron chi connectivity index (χ3n) is 3.19. The maximum absolute atomic E-state index is 13.6. The number of aromatic nitrogens is 4. The van der Waals surface area contributed by atoms with Gasteiger partial charge in [-0.1, -0.05) is 26.7 Å². The Kier molecular flexibility index (Phi) is 3.57. The molecule has 6 heteroatoms. The highest BCUT2D eigenvalue weighted by Gasteiger charge is 2.21. The van der Waals surface area contributed by atoms with Gasteiger partial charge in [-0.15, -0.1) is 10.2 Å². The molecule has 0 aliphatic carbocycles. The SMILES string of the molecule is CC(C)(C)c1nnc2ccc(C#Cc3ccc(F)cc3F)nn12. The molecule has 2 heterocycles. The van der Waals surface area contributed by atoms with Crippen molar-refractivity contribution < 1.29 is 8.78 Å². The van der Waals surface area contributed by atoms with Gasteiger partial charge in [0.2, 0.25) is 0 Å². The highest BCUT2D eigenvalue weighted by molar-refractivity contribution is 5.44. The van der Waals surface area contributed by atoms with E-state index >= 15 is 0 Å².